The summed E-state index contributed by atoms with van der Waals surface area (Å²) in [7, 11) is 1.61. The van der Waals surface area contributed by atoms with E-state index in [0.717, 1.165) is 22.6 Å². The normalized spacial score (nSPS) is 10.4. The van der Waals surface area contributed by atoms with E-state index in [1.165, 1.54) is 6.08 Å². The van der Waals surface area contributed by atoms with Gasteiger partial charge in [-0.25, -0.2) is 0 Å². The van der Waals surface area contributed by atoms with Crippen molar-refractivity contribution in [2.45, 2.75) is 6.54 Å². The van der Waals surface area contributed by atoms with E-state index in [1.807, 2.05) is 48.5 Å². The van der Waals surface area contributed by atoms with Crippen LogP contribution >= 0.6 is 0 Å². The van der Waals surface area contributed by atoms with Crippen LogP contribution in [-0.2, 0) is 11.3 Å². The van der Waals surface area contributed by atoms with Crippen molar-refractivity contribution in [2.24, 2.45) is 0 Å². The van der Waals surface area contributed by atoms with Gasteiger partial charge in [0.2, 0.25) is 5.91 Å². The zero-order valence-electron chi connectivity index (χ0n) is 13.7. The van der Waals surface area contributed by atoms with E-state index in [9.17, 15) is 4.79 Å². The lowest BCUT2D eigenvalue weighted by Crippen LogP contribution is -2.20. The number of para-hydroxylation sites is 1. The SMILES string of the molecule is C=CCOc1ccc(/C=C/C(=O)NCc2ccccc2OC)cc1. The van der Waals surface area contributed by atoms with Gasteiger partial charge in [0.15, 0.2) is 0 Å². The molecule has 0 atom stereocenters. The molecule has 0 saturated heterocycles. The average molecular weight is 323 g/mol. The van der Waals surface area contributed by atoms with Crippen LogP contribution in [0.25, 0.3) is 6.08 Å². The fourth-order valence-corrected chi connectivity index (χ4v) is 2.09. The Kier molecular flexibility index (Phi) is 6.65. The maximum atomic E-state index is 11.9. The lowest BCUT2D eigenvalue weighted by Gasteiger charge is -2.08. The molecule has 0 unspecified atom stereocenters. The number of rotatable bonds is 8. The summed E-state index contributed by atoms with van der Waals surface area (Å²) in [6, 6.07) is 15.1. The first-order chi connectivity index (χ1) is 11.7. The number of carbonyl (C=O) groups is 1. The summed E-state index contributed by atoms with van der Waals surface area (Å²) in [6.45, 7) is 4.49. The molecule has 0 heterocycles. The predicted molar refractivity (Wildman–Crippen MR) is 96.0 cm³/mol. The van der Waals surface area contributed by atoms with Gasteiger partial charge >= 0.3 is 0 Å². The van der Waals surface area contributed by atoms with E-state index >= 15 is 0 Å². The van der Waals surface area contributed by atoms with Gasteiger partial charge in [0, 0.05) is 18.2 Å². The van der Waals surface area contributed by atoms with Crippen molar-refractivity contribution >= 4 is 12.0 Å². The molecule has 0 radical (unpaired) electrons. The smallest absolute Gasteiger partial charge is 0.244 e. The summed E-state index contributed by atoms with van der Waals surface area (Å²) in [5.41, 5.74) is 1.86. The molecule has 24 heavy (non-hydrogen) atoms. The summed E-state index contributed by atoms with van der Waals surface area (Å²) in [6.07, 6.45) is 4.96. The van der Waals surface area contributed by atoms with Crippen molar-refractivity contribution in [1.82, 2.24) is 5.32 Å². The molecule has 1 amide bonds. The third-order valence-corrected chi connectivity index (χ3v) is 3.32. The van der Waals surface area contributed by atoms with Crippen molar-refractivity contribution < 1.29 is 14.3 Å². The van der Waals surface area contributed by atoms with Gasteiger partial charge in [-0.05, 0) is 29.8 Å². The predicted octanol–water partition coefficient (Wildman–Crippen LogP) is 3.59. The lowest BCUT2D eigenvalue weighted by molar-refractivity contribution is -0.116. The summed E-state index contributed by atoms with van der Waals surface area (Å²) in [4.78, 5) is 11.9. The molecule has 1 N–H and O–H groups in total. The van der Waals surface area contributed by atoms with Crippen molar-refractivity contribution in [1.29, 1.82) is 0 Å². The highest BCUT2D eigenvalue weighted by Gasteiger charge is 2.02. The second kappa shape index (κ2) is 9.20. The van der Waals surface area contributed by atoms with Crippen LogP contribution in [0.3, 0.4) is 0 Å². The first-order valence-corrected chi connectivity index (χ1v) is 7.64. The van der Waals surface area contributed by atoms with E-state index in [1.54, 1.807) is 19.3 Å². The Morgan fingerprint density at radius 2 is 1.92 bits per heavy atom. The highest BCUT2D eigenvalue weighted by Crippen LogP contribution is 2.16. The molecule has 2 aromatic rings. The average Bonchev–Trinajstić information content (AvgIpc) is 2.64. The lowest BCUT2D eigenvalue weighted by atomic mass is 10.2. The molecule has 0 saturated carbocycles. The Morgan fingerprint density at radius 1 is 1.17 bits per heavy atom. The zero-order chi connectivity index (χ0) is 17.2. The molecule has 0 fully saturated rings. The van der Waals surface area contributed by atoms with Crippen molar-refractivity contribution in [3.63, 3.8) is 0 Å². The van der Waals surface area contributed by atoms with Gasteiger partial charge in [-0.3, -0.25) is 4.79 Å². The Morgan fingerprint density at radius 3 is 2.62 bits per heavy atom. The van der Waals surface area contributed by atoms with Gasteiger partial charge in [0.1, 0.15) is 18.1 Å². The fraction of sp³-hybridized carbons (Fsp3) is 0.150. The minimum absolute atomic E-state index is 0.159. The van der Waals surface area contributed by atoms with E-state index < -0.39 is 0 Å². The number of nitrogens with one attached hydrogen (secondary N) is 1. The number of hydrogen-bond donors (Lipinski definition) is 1. The highest BCUT2D eigenvalue weighted by molar-refractivity contribution is 5.91. The molecule has 0 aliphatic heterocycles. The standard InChI is InChI=1S/C20H21NO3/c1-3-14-24-18-11-8-16(9-12-18)10-13-20(22)21-15-17-6-4-5-7-19(17)23-2/h3-13H,1,14-15H2,2H3,(H,21,22)/b13-10+. The van der Waals surface area contributed by atoms with Crippen LogP contribution in [0.1, 0.15) is 11.1 Å². The van der Waals surface area contributed by atoms with Gasteiger partial charge in [-0.15, -0.1) is 0 Å². The molecule has 0 bridgehead atoms. The Hall–Kier alpha value is -3.01. The van der Waals surface area contributed by atoms with Gasteiger partial charge in [0.05, 0.1) is 7.11 Å². The second-order valence-corrected chi connectivity index (χ2v) is 5.03. The van der Waals surface area contributed by atoms with E-state index in [-0.39, 0.29) is 5.91 Å². The third-order valence-electron chi connectivity index (χ3n) is 3.32. The highest BCUT2D eigenvalue weighted by atomic mass is 16.5. The Labute approximate surface area is 142 Å². The number of carbonyl (C=O) groups excluding carboxylic acids is 1. The number of hydrogen-bond acceptors (Lipinski definition) is 3. The van der Waals surface area contributed by atoms with Crippen molar-refractivity contribution in [3.8, 4) is 11.5 Å². The molecule has 4 nitrogen and oxygen atoms in total. The largest absolute Gasteiger partial charge is 0.496 e. The van der Waals surface area contributed by atoms with Crippen LogP contribution in [0, 0.1) is 0 Å². The molecule has 4 heteroatoms. The number of methoxy groups -OCH3 is 1. The van der Waals surface area contributed by atoms with Crippen molar-refractivity contribution in [3.05, 3.63) is 78.4 Å². The fourth-order valence-electron chi connectivity index (χ4n) is 2.09. The third kappa shape index (κ3) is 5.32. The van der Waals surface area contributed by atoms with E-state index in [2.05, 4.69) is 11.9 Å². The van der Waals surface area contributed by atoms with Crippen LogP contribution in [-0.4, -0.2) is 19.6 Å². The molecule has 0 aliphatic carbocycles. The first kappa shape index (κ1) is 17.3. The van der Waals surface area contributed by atoms with Crippen LogP contribution in [0.2, 0.25) is 0 Å². The molecule has 0 spiro atoms. The van der Waals surface area contributed by atoms with Crippen LogP contribution < -0.4 is 14.8 Å². The molecular weight excluding hydrogens is 302 g/mol. The minimum atomic E-state index is -0.159. The number of amides is 1. The molecular formula is C20H21NO3. The maximum absolute atomic E-state index is 11.9. The molecule has 0 aliphatic rings. The first-order valence-electron chi connectivity index (χ1n) is 7.64. The van der Waals surface area contributed by atoms with E-state index in [4.69, 9.17) is 9.47 Å². The van der Waals surface area contributed by atoms with Crippen LogP contribution in [0.5, 0.6) is 11.5 Å². The van der Waals surface area contributed by atoms with Crippen molar-refractivity contribution in [2.75, 3.05) is 13.7 Å². The topological polar surface area (TPSA) is 47.6 Å². The van der Waals surface area contributed by atoms with E-state index in [0.29, 0.717) is 13.2 Å². The minimum Gasteiger partial charge on any atom is -0.496 e. The summed E-state index contributed by atoms with van der Waals surface area (Å²) in [5.74, 6) is 1.37. The summed E-state index contributed by atoms with van der Waals surface area (Å²) in [5, 5.41) is 2.84. The maximum Gasteiger partial charge on any atom is 0.244 e. The molecule has 2 aromatic carbocycles. The Bertz CT molecular complexity index is 705. The summed E-state index contributed by atoms with van der Waals surface area (Å²) < 4.78 is 10.7. The van der Waals surface area contributed by atoms with Gasteiger partial charge in [0.25, 0.3) is 0 Å². The molecule has 2 rings (SSSR count). The molecule has 0 aromatic heterocycles. The number of benzene rings is 2. The summed E-state index contributed by atoms with van der Waals surface area (Å²) >= 11 is 0. The number of ether oxygens (including phenoxy) is 2. The second-order valence-electron chi connectivity index (χ2n) is 5.03. The zero-order valence-corrected chi connectivity index (χ0v) is 13.7. The van der Waals surface area contributed by atoms with Gasteiger partial charge in [-0.1, -0.05) is 43.0 Å². The van der Waals surface area contributed by atoms with Crippen LogP contribution in [0.15, 0.2) is 67.3 Å². The van der Waals surface area contributed by atoms with Crippen LogP contribution in [0.4, 0.5) is 0 Å². The monoisotopic (exact) mass is 323 g/mol. The quantitative estimate of drug-likeness (QED) is 0.596. The van der Waals surface area contributed by atoms with Gasteiger partial charge < -0.3 is 14.8 Å². The Balaban J connectivity index is 1.87. The van der Waals surface area contributed by atoms with Gasteiger partial charge in [-0.2, -0.15) is 0 Å². The molecule has 124 valence electrons.